The molecule has 0 aliphatic rings. The molecule has 0 aliphatic heterocycles. The fraction of sp³-hybridized carbons (Fsp3) is 0.455. The van der Waals surface area contributed by atoms with Crippen molar-refractivity contribution in [1.29, 1.82) is 0 Å². The van der Waals surface area contributed by atoms with Gasteiger partial charge in [0, 0.05) is 11.6 Å². The van der Waals surface area contributed by atoms with Crippen molar-refractivity contribution in [3.05, 3.63) is 35.4 Å². The number of halogens is 8. The first-order valence-corrected chi connectivity index (χ1v) is 5.10. The van der Waals surface area contributed by atoms with Crippen LogP contribution in [0.2, 0.25) is 0 Å². The van der Waals surface area contributed by atoms with E-state index in [2.05, 4.69) is 4.74 Å². The largest absolute Gasteiger partial charge is 0.426 e. The van der Waals surface area contributed by atoms with Crippen LogP contribution >= 0.6 is 0 Å². The highest BCUT2D eigenvalue weighted by molar-refractivity contribution is 5.17. The van der Waals surface area contributed by atoms with Crippen LogP contribution in [0.3, 0.4) is 0 Å². The van der Waals surface area contributed by atoms with Gasteiger partial charge in [0.15, 0.2) is 0 Å². The third-order valence-corrected chi connectivity index (χ3v) is 2.61. The van der Waals surface area contributed by atoms with E-state index >= 15 is 0 Å². The van der Waals surface area contributed by atoms with E-state index in [4.69, 9.17) is 0 Å². The first-order valence-electron chi connectivity index (χ1n) is 5.10. The molecule has 20 heavy (non-hydrogen) atoms. The molecule has 0 amide bonds. The van der Waals surface area contributed by atoms with Gasteiger partial charge < -0.3 is 4.74 Å². The van der Waals surface area contributed by atoms with Crippen molar-refractivity contribution >= 4 is 0 Å². The molecule has 0 saturated heterocycles. The third-order valence-electron chi connectivity index (χ3n) is 2.61. The van der Waals surface area contributed by atoms with Crippen LogP contribution in [0.4, 0.5) is 35.1 Å². The van der Waals surface area contributed by atoms with Gasteiger partial charge in [-0.3, -0.25) is 0 Å². The molecule has 0 aliphatic carbocycles. The van der Waals surface area contributed by atoms with Crippen molar-refractivity contribution in [2.45, 2.75) is 31.5 Å². The van der Waals surface area contributed by atoms with Crippen LogP contribution in [0.15, 0.2) is 18.2 Å². The summed E-state index contributed by atoms with van der Waals surface area (Å²) in [6.07, 6.45) is -11.5. The molecule has 0 spiro atoms. The van der Waals surface area contributed by atoms with Crippen LogP contribution in [-0.4, -0.2) is 18.0 Å². The van der Waals surface area contributed by atoms with Gasteiger partial charge in [0.05, 0.1) is 6.61 Å². The maximum atomic E-state index is 13.1. The van der Waals surface area contributed by atoms with Gasteiger partial charge in [-0.2, -0.15) is 26.3 Å². The normalized spacial score (nSPS) is 13.7. The first-order chi connectivity index (χ1) is 8.88. The van der Waals surface area contributed by atoms with Crippen LogP contribution in [0.1, 0.15) is 12.5 Å². The van der Waals surface area contributed by atoms with Crippen LogP contribution in [0.25, 0.3) is 0 Å². The highest BCUT2D eigenvalue weighted by Crippen LogP contribution is 2.45. The lowest BCUT2D eigenvalue weighted by atomic mass is 10.1. The fourth-order valence-corrected chi connectivity index (χ4v) is 1.19. The van der Waals surface area contributed by atoms with Crippen molar-refractivity contribution in [2.75, 3.05) is 0 Å². The Bertz CT molecular complexity index is 462. The molecule has 9 heteroatoms. The lowest BCUT2D eigenvalue weighted by Crippen LogP contribution is -2.56. The van der Waals surface area contributed by atoms with E-state index < -0.39 is 41.8 Å². The smallest absolute Gasteiger partial charge is 0.353 e. The molecule has 0 radical (unpaired) electrons. The van der Waals surface area contributed by atoms with Gasteiger partial charge in [0.1, 0.15) is 11.6 Å². The Kier molecular flexibility index (Phi) is 4.33. The van der Waals surface area contributed by atoms with E-state index in [1.807, 2.05) is 0 Å². The van der Waals surface area contributed by atoms with Gasteiger partial charge >= 0.3 is 12.4 Å². The Morgan fingerprint density at radius 1 is 0.950 bits per heavy atom. The predicted molar refractivity (Wildman–Crippen MR) is 51.7 cm³/mol. The molecule has 1 rings (SSSR count). The van der Waals surface area contributed by atoms with E-state index in [1.165, 1.54) is 0 Å². The van der Waals surface area contributed by atoms with E-state index in [-0.39, 0.29) is 6.92 Å². The standard InChI is InChI=1S/C11H8F8O/c1-9(10(14,15)16,11(17,18)19)20-5-6-2-3-7(12)4-8(6)13/h2-4H,5H2,1H3. The van der Waals surface area contributed by atoms with Crippen LogP contribution in [0.5, 0.6) is 0 Å². The minimum Gasteiger partial charge on any atom is -0.353 e. The topological polar surface area (TPSA) is 9.23 Å². The number of alkyl halides is 6. The van der Waals surface area contributed by atoms with Gasteiger partial charge in [-0.05, 0) is 13.0 Å². The molecule has 0 fully saturated rings. The minimum atomic E-state index is -5.73. The van der Waals surface area contributed by atoms with Crippen molar-refractivity contribution in [2.24, 2.45) is 0 Å². The quantitative estimate of drug-likeness (QED) is 0.754. The lowest BCUT2D eigenvalue weighted by molar-refractivity contribution is -0.377. The molecule has 0 saturated carbocycles. The summed E-state index contributed by atoms with van der Waals surface area (Å²) in [5, 5.41) is 0. The Balaban J connectivity index is 2.99. The van der Waals surface area contributed by atoms with Gasteiger partial charge in [-0.25, -0.2) is 8.78 Å². The molecule has 1 aromatic rings. The Labute approximate surface area is 108 Å². The average Bonchev–Trinajstić information content (AvgIpc) is 2.24. The second-order valence-electron chi connectivity index (χ2n) is 4.05. The minimum absolute atomic E-state index is 0.200. The number of benzene rings is 1. The summed E-state index contributed by atoms with van der Waals surface area (Å²) in [5.41, 5.74) is -5.06. The summed E-state index contributed by atoms with van der Waals surface area (Å²) in [6.45, 7) is -1.50. The van der Waals surface area contributed by atoms with Crippen molar-refractivity contribution in [1.82, 2.24) is 0 Å². The summed E-state index contributed by atoms with van der Waals surface area (Å²) < 4.78 is 104. The maximum Gasteiger partial charge on any atom is 0.426 e. The number of hydrogen-bond donors (Lipinski definition) is 0. The molecule has 1 nitrogen and oxygen atoms in total. The molecule has 0 heterocycles. The Morgan fingerprint density at radius 2 is 1.45 bits per heavy atom. The van der Waals surface area contributed by atoms with Crippen LogP contribution in [-0.2, 0) is 11.3 Å². The maximum absolute atomic E-state index is 13.1. The zero-order valence-electron chi connectivity index (χ0n) is 9.87. The summed E-state index contributed by atoms with van der Waals surface area (Å²) in [5.74, 6) is -2.31. The SMILES string of the molecule is CC(OCc1ccc(F)cc1F)(C(F)(F)F)C(F)(F)F. The monoisotopic (exact) mass is 308 g/mol. The second-order valence-corrected chi connectivity index (χ2v) is 4.05. The van der Waals surface area contributed by atoms with E-state index in [0.29, 0.717) is 18.2 Å². The van der Waals surface area contributed by atoms with Crippen LogP contribution in [0, 0.1) is 11.6 Å². The number of hydrogen-bond acceptors (Lipinski definition) is 1. The predicted octanol–water partition coefficient (Wildman–Crippen LogP) is 4.36. The molecule has 0 unspecified atom stereocenters. The molecule has 0 N–H and O–H groups in total. The molecule has 114 valence electrons. The van der Waals surface area contributed by atoms with E-state index in [0.717, 1.165) is 0 Å². The highest BCUT2D eigenvalue weighted by Gasteiger charge is 2.69. The van der Waals surface area contributed by atoms with E-state index in [1.54, 1.807) is 0 Å². The molecular formula is C11H8F8O. The summed E-state index contributed by atoms with van der Waals surface area (Å²) in [7, 11) is 0. The zero-order chi connectivity index (χ0) is 15.8. The summed E-state index contributed by atoms with van der Waals surface area (Å²) >= 11 is 0. The fourth-order valence-electron chi connectivity index (χ4n) is 1.19. The third kappa shape index (κ3) is 3.20. The lowest BCUT2D eigenvalue weighted by Gasteiger charge is -2.33. The van der Waals surface area contributed by atoms with Crippen molar-refractivity contribution < 1.29 is 39.9 Å². The van der Waals surface area contributed by atoms with Gasteiger partial charge in [-0.15, -0.1) is 0 Å². The zero-order valence-corrected chi connectivity index (χ0v) is 9.87. The van der Waals surface area contributed by atoms with E-state index in [9.17, 15) is 35.1 Å². The molecule has 0 atom stereocenters. The molecule has 1 aromatic carbocycles. The Morgan fingerprint density at radius 3 is 1.85 bits per heavy atom. The van der Waals surface area contributed by atoms with Gasteiger partial charge in [-0.1, -0.05) is 6.07 Å². The number of rotatable bonds is 3. The average molecular weight is 308 g/mol. The molecule has 0 aromatic heterocycles. The second kappa shape index (κ2) is 5.19. The molecule has 0 bridgehead atoms. The summed E-state index contributed by atoms with van der Waals surface area (Å²) in [4.78, 5) is 0. The van der Waals surface area contributed by atoms with Gasteiger partial charge in [0.25, 0.3) is 5.60 Å². The highest BCUT2D eigenvalue weighted by atomic mass is 19.4. The van der Waals surface area contributed by atoms with Crippen molar-refractivity contribution in [3.8, 4) is 0 Å². The summed E-state index contributed by atoms with van der Waals surface area (Å²) in [6, 6.07) is 1.73. The van der Waals surface area contributed by atoms with Crippen molar-refractivity contribution in [3.63, 3.8) is 0 Å². The first kappa shape index (κ1) is 16.7. The Hall–Kier alpha value is -1.38. The van der Waals surface area contributed by atoms with Crippen LogP contribution < -0.4 is 0 Å². The number of ether oxygens (including phenoxy) is 1. The molecular weight excluding hydrogens is 300 g/mol. The van der Waals surface area contributed by atoms with Gasteiger partial charge in [0.2, 0.25) is 0 Å².